The van der Waals surface area contributed by atoms with E-state index in [2.05, 4.69) is 58.6 Å². The molecule has 19 heavy (non-hydrogen) atoms. The first kappa shape index (κ1) is 15.6. The van der Waals surface area contributed by atoms with E-state index < -0.39 is 0 Å². The zero-order chi connectivity index (χ0) is 14.6. The van der Waals surface area contributed by atoms with Crippen LogP contribution in [0.3, 0.4) is 0 Å². The van der Waals surface area contributed by atoms with Gasteiger partial charge in [-0.25, -0.2) is 0 Å². The maximum Gasteiger partial charge on any atom is 0.126 e. The Morgan fingerprint density at radius 1 is 1.26 bits per heavy atom. The predicted molar refractivity (Wildman–Crippen MR) is 82.9 cm³/mol. The first-order chi connectivity index (χ1) is 8.81. The van der Waals surface area contributed by atoms with Crippen LogP contribution in [0.1, 0.15) is 63.6 Å². The van der Waals surface area contributed by atoms with Crippen LogP contribution < -0.4 is 4.74 Å². The molecule has 0 aliphatic rings. The third-order valence-corrected chi connectivity index (χ3v) is 3.39. The number of rotatable bonds is 3. The fraction of sp³-hybridized carbons (Fsp3) is 0.556. The van der Waals surface area contributed by atoms with Gasteiger partial charge in [0.15, 0.2) is 0 Å². The lowest BCUT2D eigenvalue weighted by molar-refractivity contribution is 0.389. The van der Waals surface area contributed by atoms with Gasteiger partial charge in [0, 0.05) is 12.0 Å². The molecule has 0 heterocycles. The van der Waals surface area contributed by atoms with Gasteiger partial charge in [0.1, 0.15) is 5.75 Å². The lowest BCUT2D eigenvalue weighted by Gasteiger charge is -2.26. The first-order valence-corrected chi connectivity index (χ1v) is 6.89. The predicted octanol–water partition coefficient (Wildman–Crippen LogP) is 4.82. The summed E-state index contributed by atoms with van der Waals surface area (Å²) in [5.74, 6) is 7.57. The monoisotopic (exact) mass is 258 g/mol. The van der Waals surface area contributed by atoms with E-state index in [0.29, 0.717) is 5.92 Å². The Hall–Kier alpha value is -1.42. The summed E-state index contributed by atoms with van der Waals surface area (Å²) in [4.78, 5) is 0. The molecule has 0 amide bonds. The van der Waals surface area contributed by atoms with Crippen LogP contribution in [-0.2, 0) is 5.41 Å². The van der Waals surface area contributed by atoms with Crippen molar-refractivity contribution in [1.29, 1.82) is 0 Å². The Balaban J connectivity index is 3.37. The lowest BCUT2D eigenvalue weighted by atomic mass is 9.82. The molecule has 0 bridgehead atoms. The molecule has 104 valence electrons. The number of hydrogen-bond donors (Lipinski definition) is 0. The van der Waals surface area contributed by atoms with Crippen molar-refractivity contribution in [2.75, 3.05) is 7.11 Å². The third kappa shape index (κ3) is 3.77. The molecule has 0 aliphatic heterocycles. The van der Waals surface area contributed by atoms with Crippen molar-refractivity contribution in [2.24, 2.45) is 0 Å². The van der Waals surface area contributed by atoms with Crippen molar-refractivity contribution >= 4 is 0 Å². The molecule has 1 unspecified atom stereocenters. The van der Waals surface area contributed by atoms with Crippen molar-refractivity contribution in [3.8, 4) is 17.6 Å². The van der Waals surface area contributed by atoms with Crippen molar-refractivity contribution in [2.45, 2.75) is 59.3 Å². The molecular formula is C18H26O. The van der Waals surface area contributed by atoms with Crippen molar-refractivity contribution in [3.63, 3.8) is 0 Å². The van der Waals surface area contributed by atoms with Gasteiger partial charge in [-0.2, -0.15) is 0 Å². The van der Waals surface area contributed by atoms with Gasteiger partial charge in [-0.05, 0) is 30.7 Å². The smallest absolute Gasteiger partial charge is 0.126 e. The largest absolute Gasteiger partial charge is 0.496 e. The van der Waals surface area contributed by atoms with Crippen LogP contribution in [0.2, 0.25) is 0 Å². The van der Waals surface area contributed by atoms with Crippen LogP contribution in [0.25, 0.3) is 0 Å². The zero-order valence-electron chi connectivity index (χ0n) is 13.3. The Morgan fingerprint density at radius 3 is 2.37 bits per heavy atom. The lowest BCUT2D eigenvalue weighted by Crippen LogP contribution is -2.15. The number of methoxy groups -OCH3 is 1. The number of benzene rings is 1. The summed E-state index contributed by atoms with van der Waals surface area (Å²) < 4.78 is 5.71. The fourth-order valence-corrected chi connectivity index (χ4v) is 2.32. The Kier molecular flexibility index (Phi) is 5.06. The molecule has 0 saturated heterocycles. The second-order valence-corrected chi connectivity index (χ2v) is 6.22. The van der Waals surface area contributed by atoms with E-state index in [1.54, 1.807) is 7.11 Å². The molecule has 0 radical (unpaired) electrons. The van der Waals surface area contributed by atoms with Gasteiger partial charge < -0.3 is 4.74 Å². The van der Waals surface area contributed by atoms with E-state index in [-0.39, 0.29) is 5.41 Å². The minimum Gasteiger partial charge on any atom is -0.496 e. The molecule has 1 rings (SSSR count). The summed E-state index contributed by atoms with van der Waals surface area (Å²) in [5, 5.41) is 0. The minimum absolute atomic E-state index is 0.0856. The van der Waals surface area contributed by atoms with Crippen LogP contribution in [-0.4, -0.2) is 7.11 Å². The molecule has 0 saturated carbocycles. The highest BCUT2D eigenvalue weighted by Gasteiger charge is 2.23. The number of ether oxygens (including phenoxy) is 1. The quantitative estimate of drug-likeness (QED) is 0.706. The topological polar surface area (TPSA) is 9.23 Å². The van der Waals surface area contributed by atoms with Gasteiger partial charge >= 0.3 is 0 Å². The summed E-state index contributed by atoms with van der Waals surface area (Å²) in [6.45, 7) is 12.9. The Labute approximate surface area is 118 Å². The molecule has 0 N–H and O–H groups in total. The van der Waals surface area contributed by atoms with E-state index in [1.165, 1.54) is 16.7 Å². The second-order valence-electron chi connectivity index (χ2n) is 6.22. The van der Waals surface area contributed by atoms with E-state index in [1.807, 2.05) is 6.92 Å². The molecule has 1 aromatic carbocycles. The summed E-state index contributed by atoms with van der Waals surface area (Å²) in [7, 11) is 1.77. The SMILES string of the molecule is CC#CCC(C)c1cc(C)cc(C(C)(C)C)c1OC. The average Bonchev–Trinajstić information content (AvgIpc) is 2.33. The van der Waals surface area contributed by atoms with Crippen LogP contribution in [0.5, 0.6) is 5.75 Å². The average molecular weight is 258 g/mol. The highest BCUT2D eigenvalue weighted by Crippen LogP contribution is 2.39. The highest BCUT2D eigenvalue weighted by molar-refractivity contribution is 5.49. The maximum absolute atomic E-state index is 5.71. The Bertz CT molecular complexity index is 495. The first-order valence-electron chi connectivity index (χ1n) is 6.89. The maximum atomic E-state index is 5.71. The molecule has 0 fully saturated rings. The minimum atomic E-state index is 0.0856. The van der Waals surface area contributed by atoms with Crippen LogP contribution in [0, 0.1) is 18.8 Å². The van der Waals surface area contributed by atoms with E-state index in [4.69, 9.17) is 4.74 Å². The molecule has 1 atom stereocenters. The standard InChI is InChI=1S/C18H26O/c1-8-9-10-14(3)15-11-13(2)12-16(17(15)19-7)18(4,5)6/h11-12,14H,10H2,1-7H3. The van der Waals surface area contributed by atoms with Gasteiger partial charge in [0.25, 0.3) is 0 Å². The second kappa shape index (κ2) is 6.15. The van der Waals surface area contributed by atoms with Gasteiger partial charge in [-0.3, -0.25) is 0 Å². The summed E-state index contributed by atoms with van der Waals surface area (Å²) >= 11 is 0. The third-order valence-electron chi connectivity index (χ3n) is 3.39. The molecular weight excluding hydrogens is 232 g/mol. The number of hydrogen-bond acceptors (Lipinski definition) is 1. The van der Waals surface area contributed by atoms with Gasteiger partial charge in [-0.15, -0.1) is 11.8 Å². The summed E-state index contributed by atoms with van der Waals surface area (Å²) in [5.41, 5.74) is 3.93. The highest BCUT2D eigenvalue weighted by atomic mass is 16.5. The van der Waals surface area contributed by atoms with E-state index in [0.717, 1.165) is 12.2 Å². The van der Waals surface area contributed by atoms with Crippen LogP contribution in [0.15, 0.2) is 12.1 Å². The molecule has 1 heteroatoms. The fourth-order valence-electron chi connectivity index (χ4n) is 2.32. The number of aryl methyl sites for hydroxylation is 1. The van der Waals surface area contributed by atoms with Gasteiger partial charge in [-0.1, -0.05) is 45.4 Å². The van der Waals surface area contributed by atoms with Crippen molar-refractivity contribution < 1.29 is 4.74 Å². The van der Waals surface area contributed by atoms with Crippen LogP contribution in [0.4, 0.5) is 0 Å². The molecule has 0 aromatic heterocycles. The molecule has 0 aliphatic carbocycles. The van der Waals surface area contributed by atoms with Gasteiger partial charge in [0.05, 0.1) is 7.11 Å². The van der Waals surface area contributed by atoms with Crippen molar-refractivity contribution in [1.82, 2.24) is 0 Å². The molecule has 1 aromatic rings. The van der Waals surface area contributed by atoms with Crippen molar-refractivity contribution in [3.05, 3.63) is 28.8 Å². The van der Waals surface area contributed by atoms with Crippen LogP contribution >= 0.6 is 0 Å². The van der Waals surface area contributed by atoms with E-state index in [9.17, 15) is 0 Å². The van der Waals surface area contributed by atoms with E-state index >= 15 is 0 Å². The summed E-state index contributed by atoms with van der Waals surface area (Å²) in [6.07, 6.45) is 0.875. The Morgan fingerprint density at radius 2 is 1.89 bits per heavy atom. The normalized spacial score (nSPS) is 12.6. The zero-order valence-corrected chi connectivity index (χ0v) is 13.3. The molecule has 1 nitrogen and oxygen atoms in total. The van der Waals surface area contributed by atoms with Gasteiger partial charge in [0.2, 0.25) is 0 Å². The summed E-state index contributed by atoms with van der Waals surface area (Å²) in [6, 6.07) is 4.47. The molecule has 0 spiro atoms.